The van der Waals surface area contributed by atoms with Gasteiger partial charge in [0.15, 0.2) is 0 Å². The number of fused-ring (bicyclic) bond motifs is 3. The number of aryl methyl sites for hydroxylation is 1. The van der Waals surface area contributed by atoms with Crippen molar-refractivity contribution in [3.05, 3.63) is 59.2 Å². The van der Waals surface area contributed by atoms with Crippen LogP contribution in [0.4, 0.5) is 0 Å². The van der Waals surface area contributed by atoms with Crippen molar-refractivity contribution in [1.29, 1.82) is 0 Å². The van der Waals surface area contributed by atoms with Crippen LogP contribution in [-0.4, -0.2) is 23.6 Å². The number of benzene rings is 2. The van der Waals surface area contributed by atoms with Gasteiger partial charge in [-0.05, 0) is 81.5 Å². The quantitative estimate of drug-likeness (QED) is 0.326. The summed E-state index contributed by atoms with van der Waals surface area (Å²) in [5.74, 6) is 1.45. The molecule has 1 fully saturated rings. The summed E-state index contributed by atoms with van der Waals surface area (Å²) < 4.78 is 18.0. The smallest absolute Gasteiger partial charge is 0.308 e. The molecule has 0 spiro atoms. The number of rotatable bonds is 7. The van der Waals surface area contributed by atoms with Crippen LogP contribution in [0.2, 0.25) is 0 Å². The van der Waals surface area contributed by atoms with Gasteiger partial charge in [0, 0.05) is 31.2 Å². The summed E-state index contributed by atoms with van der Waals surface area (Å²) in [4.78, 5) is 23.7. The van der Waals surface area contributed by atoms with Gasteiger partial charge in [-0.1, -0.05) is 37.3 Å². The van der Waals surface area contributed by atoms with Crippen molar-refractivity contribution in [1.82, 2.24) is 0 Å². The Balaban J connectivity index is 1.62. The third-order valence-electron chi connectivity index (χ3n) is 7.67. The lowest BCUT2D eigenvalue weighted by Crippen LogP contribution is -2.48. The molecule has 0 aromatic heterocycles. The van der Waals surface area contributed by atoms with Gasteiger partial charge in [0.2, 0.25) is 0 Å². The molecule has 5 nitrogen and oxygen atoms in total. The van der Waals surface area contributed by atoms with Gasteiger partial charge in [0.05, 0.1) is 0 Å². The molecule has 0 N–H and O–H groups in total. The van der Waals surface area contributed by atoms with Crippen LogP contribution in [0, 0.1) is 5.92 Å². The van der Waals surface area contributed by atoms with Crippen molar-refractivity contribution < 1.29 is 23.8 Å². The maximum atomic E-state index is 12.1. The second kappa shape index (κ2) is 10.4. The molecule has 188 valence electrons. The van der Waals surface area contributed by atoms with Gasteiger partial charge in [-0.15, -0.1) is 0 Å². The fourth-order valence-electron chi connectivity index (χ4n) is 6.00. The summed E-state index contributed by atoms with van der Waals surface area (Å²) in [5.41, 5.74) is 3.06. The minimum absolute atomic E-state index is 0.101. The van der Waals surface area contributed by atoms with Crippen molar-refractivity contribution in [3.8, 4) is 11.5 Å². The van der Waals surface area contributed by atoms with E-state index in [9.17, 15) is 9.59 Å². The summed E-state index contributed by atoms with van der Waals surface area (Å²) in [6.45, 7) is 9.40. The largest absolute Gasteiger partial charge is 0.487 e. The molecule has 0 radical (unpaired) electrons. The molecule has 4 atom stereocenters. The molecule has 35 heavy (non-hydrogen) atoms. The number of hydrogen-bond donors (Lipinski definition) is 0. The van der Waals surface area contributed by atoms with Gasteiger partial charge in [0.25, 0.3) is 0 Å². The third kappa shape index (κ3) is 5.88. The van der Waals surface area contributed by atoms with E-state index in [-0.39, 0.29) is 35.5 Å². The zero-order valence-corrected chi connectivity index (χ0v) is 21.6. The molecule has 5 heteroatoms. The molecule has 0 bridgehead atoms. The number of carbonyl (C=O) groups excluding carboxylic acids is 2. The molecule has 4 rings (SSSR count). The fraction of sp³-hybridized carbons (Fsp3) is 0.533. The zero-order chi connectivity index (χ0) is 25.2. The Bertz CT molecular complexity index is 1060. The summed E-state index contributed by atoms with van der Waals surface area (Å²) in [6.07, 6.45) is 5.44. The first kappa shape index (κ1) is 25.3. The maximum absolute atomic E-state index is 12.1. The minimum Gasteiger partial charge on any atom is -0.487 e. The second-order valence-electron chi connectivity index (χ2n) is 10.8. The van der Waals surface area contributed by atoms with E-state index < -0.39 is 0 Å². The van der Waals surface area contributed by atoms with E-state index in [4.69, 9.17) is 14.2 Å². The monoisotopic (exact) mass is 478 g/mol. The van der Waals surface area contributed by atoms with E-state index in [2.05, 4.69) is 51.1 Å². The molecule has 0 amide bonds. The number of carbonyl (C=O) groups is 2. The Morgan fingerprint density at radius 1 is 1.09 bits per heavy atom. The maximum Gasteiger partial charge on any atom is 0.308 e. The van der Waals surface area contributed by atoms with Crippen molar-refractivity contribution in [2.24, 2.45) is 5.92 Å². The summed E-state index contributed by atoms with van der Waals surface area (Å²) in [6, 6.07) is 14.7. The Morgan fingerprint density at radius 2 is 1.83 bits per heavy atom. The van der Waals surface area contributed by atoms with Gasteiger partial charge in [-0.3, -0.25) is 9.59 Å². The number of ether oxygens (including phenoxy) is 3. The van der Waals surface area contributed by atoms with Crippen LogP contribution in [0.1, 0.15) is 95.2 Å². The molecular formula is C30H38O5. The Labute approximate surface area is 209 Å². The lowest BCUT2D eigenvalue weighted by atomic mass is 9.65. The molecule has 4 unspecified atom stereocenters. The highest BCUT2D eigenvalue weighted by Crippen LogP contribution is 2.55. The van der Waals surface area contributed by atoms with Crippen LogP contribution in [0.5, 0.6) is 11.5 Å². The average Bonchev–Trinajstić information content (AvgIpc) is 2.78. The fourth-order valence-corrected chi connectivity index (χ4v) is 6.00. The molecule has 2 aliphatic rings. The summed E-state index contributed by atoms with van der Waals surface area (Å²) in [5, 5.41) is 0. The van der Waals surface area contributed by atoms with E-state index in [0.717, 1.165) is 49.0 Å². The van der Waals surface area contributed by atoms with E-state index >= 15 is 0 Å². The molecule has 2 aromatic carbocycles. The van der Waals surface area contributed by atoms with Crippen LogP contribution in [-0.2, 0) is 20.7 Å². The van der Waals surface area contributed by atoms with Crippen LogP contribution in [0.15, 0.2) is 42.5 Å². The van der Waals surface area contributed by atoms with Crippen molar-refractivity contribution in [2.75, 3.05) is 0 Å². The highest BCUT2D eigenvalue weighted by molar-refractivity contribution is 5.71. The SMILES string of the molecule is CC(=O)Oc1cc(C(C)CCCc2ccccc2)cc2c1C1CC(OC(C)=O)CCC1C(C)(C)O2. The highest BCUT2D eigenvalue weighted by atomic mass is 16.5. The van der Waals surface area contributed by atoms with Gasteiger partial charge in [-0.25, -0.2) is 0 Å². The van der Waals surface area contributed by atoms with Gasteiger partial charge in [-0.2, -0.15) is 0 Å². The minimum atomic E-state index is -0.360. The normalized spacial score (nSPS) is 23.3. The van der Waals surface area contributed by atoms with E-state index in [1.54, 1.807) is 0 Å². The topological polar surface area (TPSA) is 61.8 Å². The van der Waals surface area contributed by atoms with E-state index in [1.165, 1.54) is 19.4 Å². The van der Waals surface area contributed by atoms with Crippen LogP contribution >= 0.6 is 0 Å². The predicted octanol–water partition coefficient (Wildman–Crippen LogP) is 6.72. The highest BCUT2D eigenvalue weighted by Gasteiger charge is 2.48. The Hall–Kier alpha value is -2.82. The van der Waals surface area contributed by atoms with E-state index in [1.807, 2.05) is 12.1 Å². The number of hydrogen-bond acceptors (Lipinski definition) is 5. The standard InChI is InChI=1S/C30H38O5/c1-19(10-9-13-22-11-7-6-8-12-22)23-16-27(34-21(3)32)29-25-18-24(33-20(2)31)14-15-26(25)30(4,5)35-28(29)17-23/h6-8,11-12,16-17,19,24-26H,9-10,13-15,18H2,1-5H3. The Kier molecular flexibility index (Phi) is 7.53. The summed E-state index contributed by atoms with van der Waals surface area (Å²) in [7, 11) is 0. The van der Waals surface area contributed by atoms with Crippen LogP contribution < -0.4 is 9.47 Å². The lowest BCUT2D eigenvalue weighted by Gasteiger charge is -2.49. The predicted molar refractivity (Wildman–Crippen MR) is 136 cm³/mol. The molecular weight excluding hydrogens is 440 g/mol. The van der Waals surface area contributed by atoms with Gasteiger partial charge in [0.1, 0.15) is 23.2 Å². The van der Waals surface area contributed by atoms with Gasteiger partial charge < -0.3 is 14.2 Å². The third-order valence-corrected chi connectivity index (χ3v) is 7.67. The molecule has 1 heterocycles. The molecule has 1 saturated carbocycles. The van der Waals surface area contributed by atoms with Crippen LogP contribution in [0.25, 0.3) is 0 Å². The number of esters is 2. The zero-order valence-electron chi connectivity index (χ0n) is 21.6. The lowest BCUT2D eigenvalue weighted by molar-refractivity contribution is -0.150. The average molecular weight is 479 g/mol. The van der Waals surface area contributed by atoms with E-state index in [0.29, 0.717) is 18.1 Å². The van der Waals surface area contributed by atoms with Crippen molar-refractivity contribution >= 4 is 11.9 Å². The van der Waals surface area contributed by atoms with Gasteiger partial charge >= 0.3 is 11.9 Å². The molecule has 2 aromatic rings. The first-order valence-electron chi connectivity index (χ1n) is 12.9. The van der Waals surface area contributed by atoms with Crippen LogP contribution in [0.3, 0.4) is 0 Å². The summed E-state index contributed by atoms with van der Waals surface area (Å²) >= 11 is 0. The molecule has 0 saturated heterocycles. The first-order valence-corrected chi connectivity index (χ1v) is 12.9. The van der Waals surface area contributed by atoms with Crippen molar-refractivity contribution in [3.63, 3.8) is 0 Å². The van der Waals surface area contributed by atoms with Crippen molar-refractivity contribution in [2.45, 2.75) is 96.7 Å². The Morgan fingerprint density at radius 3 is 2.51 bits per heavy atom. The second-order valence-corrected chi connectivity index (χ2v) is 10.8. The first-order chi connectivity index (χ1) is 16.6. The molecule has 1 aliphatic heterocycles. The molecule has 1 aliphatic carbocycles.